The Kier molecular flexibility index (Phi) is 5.98. The molecule has 1 unspecified atom stereocenters. The molecule has 4 rings (SSSR count). The van der Waals surface area contributed by atoms with Gasteiger partial charge >= 0.3 is 0 Å². The second-order valence-electron chi connectivity index (χ2n) is 8.65. The largest absolute Gasteiger partial charge is 0.487 e. The van der Waals surface area contributed by atoms with Gasteiger partial charge in [0.15, 0.2) is 5.96 Å². The van der Waals surface area contributed by atoms with Gasteiger partial charge in [-0.1, -0.05) is 42.5 Å². The van der Waals surface area contributed by atoms with E-state index >= 15 is 0 Å². The first-order valence-electron chi connectivity index (χ1n) is 10.7. The number of aliphatic imine (C=N–C) groups is 1. The van der Waals surface area contributed by atoms with Crippen LogP contribution in [0.5, 0.6) is 5.75 Å². The summed E-state index contributed by atoms with van der Waals surface area (Å²) in [7, 11) is 1.81. The fraction of sp³-hybridized carbons (Fsp3) is 0.360. The molecule has 0 amide bonds. The fourth-order valence-electron chi connectivity index (χ4n) is 4.08. The standard InChI is InChI=1S/C25H31N5O/c1-18-27-12-13-30(18)17-20-9-7-8-19(14-20)16-28-24(26-4)29-22-15-25(2,3)31-23-11-6-5-10-21(22)23/h5-14,22H,15-17H2,1-4H3,(H2,26,28,29). The molecule has 1 aromatic heterocycles. The Morgan fingerprint density at radius 2 is 2.00 bits per heavy atom. The number of para-hydroxylation sites is 1. The van der Waals surface area contributed by atoms with Crippen molar-refractivity contribution in [3.8, 4) is 5.75 Å². The maximum Gasteiger partial charge on any atom is 0.191 e. The second kappa shape index (κ2) is 8.84. The molecule has 0 aliphatic carbocycles. The Morgan fingerprint density at radius 1 is 1.19 bits per heavy atom. The van der Waals surface area contributed by atoms with Gasteiger partial charge in [-0.05, 0) is 38.0 Å². The molecule has 6 heteroatoms. The lowest BCUT2D eigenvalue weighted by molar-refractivity contribution is 0.0694. The normalized spacial score (nSPS) is 17.5. The lowest BCUT2D eigenvalue weighted by Gasteiger charge is -2.38. The molecule has 0 fully saturated rings. The summed E-state index contributed by atoms with van der Waals surface area (Å²) in [6, 6.07) is 17.0. The number of aromatic nitrogens is 2. The van der Waals surface area contributed by atoms with Gasteiger partial charge in [-0.3, -0.25) is 4.99 Å². The average molecular weight is 418 g/mol. The summed E-state index contributed by atoms with van der Waals surface area (Å²) in [5.41, 5.74) is 3.40. The molecule has 162 valence electrons. The van der Waals surface area contributed by atoms with E-state index in [2.05, 4.69) is 75.4 Å². The van der Waals surface area contributed by atoms with Gasteiger partial charge in [0.2, 0.25) is 0 Å². The third-order valence-electron chi connectivity index (χ3n) is 5.64. The van der Waals surface area contributed by atoms with Crippen LogP contribution in [0, 0.1) is 6.92 Å². The van der Waals surface area contributed by atoms with Crippen molar-refractivity contribution in [1.29, 1.82) is 0 Å². The van der Waals surface area contributed by atoms with Gasteiger partial charge in [-0.15, -0.1) is 0 Å². The fourth-order valence-corrected chi connectivity index (χ4v) is 4.08. The minimum Gasteiger partial charge on any atom is -0.487 e. The minimum absolute atomic E-state index is 0.140. The van der Waals surface area contributed by atoms with E-state index in [-0.39, 0.29) is 11.6 Å². The molecule has 0 saturated heterocycles. The highest BCUT2D eigenvalue weighted by Crippen LogP contribution is 2.39. The predicted molar refractivity (Wildman–Crippen MR) is 124 cm³/mol. The van der Waals surface area contributed by atoms with E-state index in [9.17, 15) is 0 Å². The van der Waals surface area contributed by atoms with E-state index in [1.807, 2.05) is 38.5 Å². The number of hydrogen-bond acceptors (Lipinski definition) is 3. The summed E-state index contributed by atoms with van der Waals surface area (Å²) in [6.45, 7) is 7.80. The molecule has 2 N–H and O–H groups in total. The molecular weight excluding hydrogens is 386 g/mol. The predicted octanol–water partition coefficient (Wildman–Crippen LogP) is 4.21. The van der Waals surface area contributed by atoms with Gasteiger partial charge in [0.1, 0.15) is 17.2 Å². The molecule has 0 spiro atoms. The summed E-state index contributed by atoms with van der Waals surface area (Å²) in [5.74, 6) is 2.75. The number of hydrogen-bond donors (Lipinski definition) is 2. The minimum atomic E-state index is -0.231. The van der Waals surface area contributed by atoms with Crippen molar-refractivity contribution in [3.05, 3.63) is 83.4 Å². The zero-order valence-corrected chi connectivity index (χ0v) is 18.7. The van der Waals surface area contributed by atoms with Crippen LogP contribution >= 0.6 is 0 Å². The Balaban J connectivity index is 1.42. The highest BCUT2D eigenvalue weighted by molar-refractivity contribution is 5.80. The van der Waals surface area contributed by atoms with Crippen LogP contribution in [0.2, 0.25) is 0 Å². The van der Waals surface area contributed by atoms with Gasteiger partial charge in [0.25, 0.3) is 0 Å². The molecule has 3 aromatic rings. The highest BCUT2D eigenvalue weighted by atomic mass is 16.5. The number of rotatable bonds is 5. The first-order chi connectivity index (χ1) is 14.9. The second-order valence-corrected chi connectivity index (χ2v) is 8.65. The van der Waals surface area contributed by atoms with Crippen molar-refractivity contribution in [3.63, 3.8) is 0 Å². The molecule has 31 heavy (non-hydrogen) atoms. The van der Waals surface area contributed by atoms with Gasteiger partial charge in [0, 0.05) is 44.5 Å². The number of imidazole rings is 1. The smallest absolute Gasteiger partial charge is 0.191 e. The Labute approximate surface area is 184 Å². The Morgan fingerprint density at radius 3 is 2.77 bits per heavy atom. The quantitative estimate of drug-likeness (QED) is 0.482. The first-order valence-corrected chi connectivity index (χ1v) is 10.7. The lowest BCUT2D eigenvalue weighted by atomic mass is 9.90. The van der Waals surface area contributed by atoms with Gasteiger partial charge < -0.3 is 19.9 Å². The van der Waals surface area contributed by atoms with E-state index in [0.29, 0.717) is 6.54 Å². The van der Waals surface area contributed by atoms with E-state index in [4.69, 9.17) is 4.74 Å². The third-order valence-corrected chi connectivity index (χ3v) is 5.64. The molecule has 6 nitrogen and oxygen atoms in total. The van der Waals surface area contributed by atoms with Crippen molar-refractivity contribution in [2.45, 2.75) is 51.9 Å². The molecule has 1 atom stereocenters. The number of nitrogens with one attached hydrogen (secondary N) is 2. The Hall–Kier alpha value is -3.28. The molecule has 0 saturated carbocycles. The molecule has 2 aromatic carbocycles. The lowest BCUT2D eigenvalue weighted by Crippen LogP contribution is -2.45. The van der Waals surface area contributed by atoms with Crippen molar-refractivity contribution in [2.75, 3.05) is 7.05 Å². The number of nitrogens with zero attached hydrogens (tertiary/aromatic N) is 3. The summed E-state index contributed by atoms with van der Waals surface area (Å²) in [6.07, 6.45) is 4.72. The van der Waals surface area contributed by atoms with Crippen LogP contribution in [-0.2, 0) is 13.1 Å². The van der Waals surface area contributed by atoms with E-state index in [1.54, 1.807) is 0 Å². The molecule has 1 aliphatic heterocycles. The van der Waals surface area contributed by atoms with Crippen molar-refractivity contribution in [1.82, 2.24) is 20.2 Å². The first kappa shape index (κ1) is 21.0. The summed E-state index contributed by atoms with van der Waals surface area (Å²) in [4.78, 5) is 8.76. The zero-order chi connectivity index (χ0) is 21.8. The molecule has 0 bridgehead atoms. The monoisotopic (exact) mass is 417 g/mol. The van der Waals surface area contributed by atoms with Gasteiger partial charge in [-0.2, -0.15) is 0 Å². The van der Waals surface area contributed by atoms with Crippen LogP contribution in [0.3, 0.4) is 0 Å². The number of ether oxygens (including phenoxy) is 1. The highest BCUT2D eigenvalue weighted by Gasteiger charge is 2.33. The average Bonchev–Trinajstić information content (AvgIpc) is 3.14. The number of guanidine groups is 1. The van der Waals surface area contributed by atoms with Crippen molar-refractivity contribution in [2.24, 2.45) is 4.99 Å². The van der Waals surface area contributed by atoms with Crippen molar-refractivity contribution >= 4 is 5.96 Å². The van der Waals surface area contributed by atoms with Crippen LogP contribution < -0.4 is 15.4 Å². The van der Waals surface area contributed by atoms with E-state index in [1.165, 1.54) is 16.7 Å². The maximum absolute atomic E-state index is 6.15. The topological polar surface area (TPSA) is 63.5 Å². The van der Waals surface area contributed by atoms with Crippen LogP contribution in [0.25, 0.3) is 0 Å². The summed E-state index contributed by atoms with van der Waals surface area (Å²) in [5, 5.41) is 7.06. The number of benzene rings is 2. The maximum atomic E-state index is 6.15. The van der Waals surface area contributed by atoms with Crippen LogP contribution in [-0.4, -0.2) is 28.2 Å². The summed E-state index contributed by atoms with van der Waals surface area (Å²) < 4.78 is 8.30. The molecular formula is C25H31N5O. The molecule has 2 heterocycles. The third kappa shape index (κ3) is 5.08. The van der Waals surface area contributed by atoms with Crippen LogP contribution in [0.1, 0.15) is 48.8 Å². The number of aryl methyl sites for hydroxylation is 1. The van der Waals surface area contributed by atoms with Gasteiger partial charge in [-0.25, -0.2) is 4.98 Å². The SMILES string of the molecule is CN=C(NCc1cccc(Cn2ccnc2C)c1)NC1CC(C)(C)Oc2ccccc21. The van der Waals surface area contributed by atoms with Crippen LogP contribution in [0.15, 0.2) is 65.9 Å². The van der Waals surface area contributed by atoms with Crippen LogP contribution in [0.4, 0.5) is 0 Å². The Bertz CT molecular complexity index is 1070. The van der Waals surface area contributed by atoms with Crippen molar-refractivity contribution < 1.29 is 4.74 Å². The van der Waals surface area contributed by atoms with E-state index < -0.39 is 0 Å². The molecule has 1 aliphatic rings. The number of fused-ring (bicyclic) bond motifs is 1. The summed E-state index contributed by atoms with van der Waals surface area (Å²) >= 11 is 0. The van der Waals surface area contributed by atoms with E-state index in [0.717, 1.165) is 30.5 Å². The molecule has 0 radical (unpaired) electrons. The van der Waals surface area contributed by atoms with Gasteiger partial charge in [0.05, 0.1) is 6.04 Å². The zero-order valence-electron chi connectivity index (χ0n) is 18.7.